The van der Waals surface area contributed by atoms with Crippen molar-refractivity contribution in [1.82, 2.24) is 15.0 Å². The van der Waals surface area contributed by atoms with E-state index in [-0.39, 0.29) is 18.6 Å². The number of rotatable bonds is 7. The zero-order valence-corrected chi connectivity index (χ0v) is 22.7. The predicted octanol–water partition coefficient (Wildman–Crippen LogP) is 5.87. The van der Waals surface area contributed by atoms with Crippen LogP contribution in [0, 0.1) is 12.8 Å². The maximum absolute atomic E-state index is 12.4. The van der Waals surface area contributed by atoms with Crippen LogP contribution in [0.4, 0.5) is 0 Å². The number of fused-ring (bicyclic) bond motifs is 1. The number of primary sulfonamides is 1. The van der Waals surface area contributed by atoms with Crippen LogP contribution < -0.4 is 14.6 Å². The summed E-state index contributed by atoms with van der Waals surface area (Å²) in [6.45, 7) is 2.20. The summed E-state index contributed by atoms with van der Waals surface area (Å²) in [6, 6.07) is 21.2. The quantitative estimate of drug-likeness (QED) is 0.300. The van der Waals surface area contributed by atoms with E-state index in [1.807, 2.05) is 73.7 Å². The highest BCUT2D eigenvalue weighted by atomic mass is 32.2. The summed E-state index contributed by atoms with van der Waals surface area (Å²) in [7, 11) is -3.70. The van der Waals surface area contributed by atoms with E-state index in [1.165, 1.54) is 0 Å². The number of hydrogen-bond acceptors (Lipinski definition) is 6. The van der Waals surface area contributed by atoms with Crippen molar-refractivity contribution >= 4 is 10.0 Å². The van der Waals surface area contributed by atoms with Gasteiger partial charge in [-0.25, -0.2) is 18.5 Å². The first-order valence-corrected chi connectivity index (χ1v) is 15.0. The Morgan fingerprint density at radius 2 is 1.72 bits per heavy atom. The lowest BCUT2D eigenvalue weighted by molar-refractivity contribution is 0.174. The summed E-state index contributed by atoms with van der Waals surface area (Å²) in [4.78, 5) is 13.5. The van der Waals surface area contributed by atoms with Gasteiger partial charge in [0.25, 0.3) is 0 Å². The molecule has 0 amide bonds. The minimum absolute atomic E-state index is 0.219. The predicted molar refractivity (Wildman–Crippen MR) is 150 cm³/mol. The Labute approximate surface area is 228 Å². The molecule has 2 aromatic carbocycles. The summed E-state index contributed by atoms with van der Waals surface area (Å²) in [5.41, 5.74) is 5.19. The van der Waals surface area contributed by atoms with E-state index < -0.39 is 15.3 Å². The molecule has 1 atom stereocenters. The number of imidazole rings is 1. The van der Waals surface area contributed by atoms with Gasteiger partial charge in [0.15, 0.2) is 11.5 Å². The fourth-order valence-electron chi connectivity index (χ4n) is 5.81. The molecule has 1 aliphatic carbocycles. The number of pyridine rings is 1. The molecule has 1 aliphatic heterocycles. The van der Waals surface area contributed by atoms with Crippen LogP contribution in [0.2, 0.25) is 0 Å². The molecule has 2 aliphatic rings. The second-order valence-corrected chi connectivity index (χ2v) is 12.3. The smallest absolute Gasteiger partial charge is 0.231 e. The third-order valence-electron chi connectivity index (χ3n) is 7.86. The molecule has 0 bridgehead atoms. The highest BCUT2D eigenvalue weighted by molar-refractivity contribution is 7.89. The Bertz CT molecular complexity index is 1580. The molecule has 3 N–H and O–H groups in total. The molecule has 6 rings (SSSR count). The van der Waals surface area contributed by atoms with Gasteiger partial charge in [-0.3, -0.25) is 4.98 Å². The fourth-order valence-corrected chi connectivity index (χ4v) is 6.88. The topological polar surface area (TPSA) is 120 Å². The lowest BCUT2D eigenvalue weighted by Gasteiger charge is -2.29. The van der Waals surface area contributed by atoms with Gasteiger partial charge in [0, 0.05) is 17.2 Å². The minimum atomic E-state index is -3.70. The minimum Gasteiger partial charge on any atom is -0.454 e. The highest BCUT2D eigenvalue weighted by Crippen LogP contribution is 2.43. The van der Waals surface area contributed by atoms with Crippen LogP contribution in [0.15, 0.2) is 66.7 Å². The van der Waals surface area contributed by atoms with Crippen LogP contribution in [0.1, 0.15) is 60.4 Å². The number of ether oxygens (including phenoxy) is 2. The van der Waals surface area contributed by atoms with Crippen LogP contribution in [-0.2, 0) is 10.0 Å². The fraction of sp³-hybridized carbons (Fsp3) is 0.333. The van der Waals surface area contributed by atoms with Crippen molar-refractivity contribution in [2.24, 2.45) is 11.1 Å². The molecule has 0 spiro atoms. The van der Waals surface area contributed by atoms with Crippen molar-refractivity contribution in [2.45, 2.75) is 50.2 Å². The zero-order chi connectivity index (χ0) is 27.0. The summed E-state index contributed by atoms with van der Waals surface area (Å²) in [5.74, 6) is 2.91. The normalized spacial score (nSPS) is 19.6. The van der Waals surface area contributed by atoms with Crippen molar-refractivity contribution in [1.29, 1.82) is 0 Å². The number of hydrogen-bond donors (Lipinski definition) is 2. The number of nitrogens with one attached hydrogen (secondary N) is 1. The molecule has 9 heteroatoms. The summed E-state index contributed by atoms with van der Waals surface area (Å²) < 4.78 is 36.0. The molecule has 2 aromatic heterocycles. The first kappa shape index (κ1) is 25.6. The number of benzene rings is 2. The van der Waals surface area contributed by atoms with Crippen molar-refractivity contribution in [3.8, 4) is 34.1 Å². The van der Waals surface area contributed by atoms with Crippen molar-refractivity contribution in [3.63, 3.8) is 0 Å². The third kappa shape index (κ3) is 5.42. The monoisotopic (exact) mass is 544 g/mol. The molecule has 3 heterocycles. The number of aryl methyl sites for hydroxylation is 1. The Kier molecular flexibility index (Phi) is 6.86. The maximum atomic E-state index is 12.4. The molecule has 1 saturated carbocycles. The second-order valence-electron chi connectivity index (χ2n) is 10.5. The number of H-pyrrole nitrogens is 1. The Morgan fingerprint density at radius 3 is 2.46 bits per heavy atom. The van der Waals surface area contributed by atoms with Gasteiger partial charge in [0.05, 0.1) is 17.1 Å². The summed E-state index contributed by atoms with van der Waals surface area (Å²) in [5, 5.41) is 4.98. The molecule has 1 unspecified atom stereocenters. The Hall–Kier alpha value is -3.69. The van der Waals surface area contributed by atoms with Crippen molar-refractivity contribution < 1.29 is 17.9 Å². The molecular formula is C30H32N4O4S. The van der Waals surface area contributed by atoms with Crippen LogP contribution in [0.3, 0.4) is 0 Å². The largest absolute Gasteiger partial charge is 0.454 e. The van der Waals surface area contributed by atoms with Crippen LogP contribution in [-0.4, -0.2) is 30.2 Å². The molecule has 0 radical (unpaired) electrons. The average molecular weight is 545 g/mol. The first-order valence-electron chi connectivity index (χ1n) is 13.4. The van der Waals surface area contributed by atoms with Crippen LogP contribution in [0.25, 0.3) is 22.6 Å². The van der Waals surface area contributed by atoms with Crippen molar-refractivity contribution in [3.05, 3.63) is 83.8 Å². The van der Waals surface area contributed by atoms with Gasteiger partial charge in [0.2, 0.25) is 16.8 Å². The highest BCUT2D eigenvalue weighted by Gasteiger charge is 2.32. The zero-order valence-electron chi connectivity index (χ0n) is 21.8. The molecule has 0 saturated heterocycles. The van der Waals surface area contributed by atoms with E-state index >= 15 is 0 Å². The SMILES string of the molecule is Cc1cccc(-c2[nH]c(C3CCC(CC(c4ccccc4)S(N)(=O)=O)CC3)nc2-c2ccc3c(c2)OCO3)n1. The third-order valence-corrected chi connectivity index (χ3v) is 9.12. The maximum Gasteiger partial charge on any atom is 0.231 e. The van der Waals surface area contributed by atoms with E-state index in [1.54, 1.807) is 0 Å². The van der Waals surface area contributed by atoms with Gasteiger partial charge >= 0.3 is 0 Å². The standard InChI is InChI=1S/C30H32N4O4S/c1-19-6-5-9-24(32-19)29-28(23-14-15-25-26(17-23)38-18-37-25)33-30(34-29)22-12-10-20(11-13-22)16-27(39(31,35)36)21-7-3-2-4-8-21/h2-9,14-15,17,20,22,27H,10-13,16,18H2,1H3,(H,33,34)(H2,31,35,36). The number of sulfonamides is 1. The molecule has 1 fully saturated rings. The molecule has 202 valence electrons. The molecule has 4 aromatic rings. The Morgan fingerprint density at radius 1 is 0.949 bits per heavy atom. The molecule has 39 heavy (non-hydrogen) atoms. The lowest BCUT2D eigenvalue weighted by Crippen LogP contribution is -2.25. The number of aromatic nitrogens is 3. The van der Waals surface area contributed by atoms with Crippen molar-refractivity contribution in [2.75, 3.05) is 6.79 Å². The first-order chi connectivity index (χ1) is 18.8. The van der Waals surface area contributed by atoms with E-state index in [0.29, 0.717) is 12.2 Å². The van der Waals surface area contributed by atoms with Crippen LogP contribution in [0.5, 0.6) is 11.5 Å². The second kappa shape index (κ2) is 10.5. The van der Waals surface area contributed by atoms with E-state index in [0.717, 1.165) is 71.2 Å². The number of nitrogens with zero attached hydrogens (tertiary/aromatic N) is 2. The average Bonchev–Trinajstić information content (AvgIpc) is 3.59. The van der Waals surface area contributed by atoms with Gasteiger partial charge in [-0.15, -0.1) is 0 Å². The molecular weight excluding hydrogens is 512 g/mol. The summed E-state index contributed by atoms with van der Waals surface area (Å²) in [6.07, 6.45) is 4.22. The number of nitrogens with two attached hydrogens (primary N) is 1. The number of aromatic amines is 1. The van der Waals surface area contributed by atoms with Crippen LogP contribution >= 0.6 is 0 Å². The Balaban J connectivity index is 1.25. The molecule has 8 nitrogen and oxygen atoms in total. The van der Waals surface area contributed by atoms with Gasteiger partial charge in [-0.1, -0.05) is 36.4 Å². The van der Waals surface area contributed by atoms with Gasteiger partial charge < -0.3 is 14.5 Å². The van der Waals surface area contributed by atoms with Gasteiger partial charge in [-0.05, 0) is 80.8 Å². The van der Waals surface area contributed by atoms with E-state index in [4.69, 9.17) is 24.6 Å². The summed E-state index contributed by atoms with van der Waals surface area (Å²) >= 11 is 0. The van der Waals surface area contributed by atoms with E-state index in [2.05, 4.69) is 4.98 Å². The van der Waals surface area contributed by atoms with E-state index in [9.17, 15) is 8.42 Å². The van der Waals surface area contributed by atoms with Gasteiger partial charge in [0.1, 0.15) is 11.1 Å². The lowest BCUT2D eigenvalue weighted by atomic mass is 9.79. The van der Waals surface area contributed by atoms with Gasteiger partial charge in [-0.2, -0.15) is 0 Å².